The number of pyridine rings is 1. The Balaban J connectivity index is 0.000000379. The Kier molecular flexibility index (Phi) is 6.46. The van der Waals surface area contributed by atoms with Gasteiger partial charge >= 0.3 is 0 Å². The molecular weight excluding hydrogens is 172 g/mol. The van der Waals surface area contributed by atoms with Crippen molar-refractivity contribution < 1.29 is 0 Å². The van der Waals surface area contributed by atoms with Crippen molar-refractivity contribution in [1.29, 1.82) is 0 Å². The van der Waals surface area contributed by atoms with Gasteiger partial charge in [0.05, 0.1) is 11.7 Å². The fourth-order valence-corrected chi connectivity index (χ4v) is 1.12. The number of nitrogens with zero attached hydrogens (tertiary/aromatic N) is 1. The lowest BCUT2D eigenvalue weighted by Gasteiger charge is -1.86. The lowest BCUT2D eigenvalue weighted by Crippen LogP contribution is -1.70. The zero-order valence-corrected chi connectivity index (χ0v) is 9.76. The Hall–Kier alpha value is -1.31. The molecule has 0 bridgehead atoms. The first-order valence-corrected chi connectivity index (χ1v) is 5.25. The van der Waals surface area contributed by atoms with Crippen LogP contribution in [0.4, 0.5) is 0 Å². The molecule has 0 aliphatic carbocycles. The number of H-pyrrole nitrogens is 1. The van der Waals surface area contributed by atoms with Crippen molar-refractivity contribution in [3.63, 3.8) is 0 Å². The monoisotopic (exact) mass is 192 g/mol. The minimum absolute atomic E-state index is 1.11. The molecule has 2 aromatic heterocycles. The lowest BCUT2D eigenvalue weighted by molar-refractivity contribution is 1.34. The van der Waals surface area contributed by atoms with Gasteiger partial charge in [0.2, 0.25) is 0 Å². The summed E-state index contributed by atoms with van der Waals surface area (Å²) in [5, 5.41) is 1.26. The molecule has 0 aliphatic rings. The van der Waals surface area contributed by atoms with Crippen molar-refractivity contribution in [2.24, 2.45) is 0 Å². The average Bonchev–Trinajstić information content (AvgIpc) is 2.67. The van der Waals surface area contributed by atoms with Crippen LogP contribution in [0.15, 0.2) is 24.7 Å². The minimum Gasteiger partial charge on any atom is -0.360 e. The molecule has 0 spiro atoms. The van der Waals surface area contributed by atoms with Gasteiger partial charge in [-0.2, -0.15) is 0 Å². The third-order valence-corrected chi connectivity index (χ3v) is 1.69. The highest BCUT2D eigenvalue weighted by molar-refractivity contribution is 5.81. The summed E-state index contributed by atoms with van der Waals surface area (Å²) in [4.78, 5) is 7.12. The normalized spacial score (nSPS) is 8.36. The number of hydrogen-bond donors (Lipinski definition) is 1. The number of aryl methyl sites for hydroxylation is 1. The molecule has 2 nitrogen and oxygen atoms in total. The van der Waals surface area contributed by atoms with Gasteiger partial charge in [-0.25, -0.2) is 0 Å². The van der Waals surface area contributed by atoms with Gasteiger partial charge in [-0.15, -0.1) is 0 Å². The number of hydrogen-bond acceptors (Lipinski definition) is 1. The molecule has 0 aromatic carbocycles. The van der Waals surface area contributed by atoms with Gasteiger partial charge in [-0.05, 0) is 18.6 Å². The van der Waals surface area contributed by atoms with Crippen molar-refractivity contribution in [1.82, 2.24) is 9.97 Å². The van der Waals surface area contributed by atoms with E-state index in [4.69, 9.17) is 0 Å². The predicted octanol–water partition coefficient (Wildman–Crippen LogP) is 3.92. The van der Waals surface area contributed by atoms with Crippen LogP contribution >= 0.6 is 0 Å². The smallest absolute Gasteiger partial charge is 0.0643 e. The number of aromatic amines is 1. The van der Waals surface area contributed by atoms with Crippen molar-refractivity contribution in [3.8, 4) is 0 Å². The molecule has 0 saturated carbocycles. The van der Waals surface area contributed by atoms with E-state index in [1.807, 2.05) is 52.4 Å². The molecular formula is C12H20N2. The van der Waals surface area contributed by atoms with E-state index in [0.717, 1.165) is 5.52 Å². The van der Waals surface area contributed by atoms with Crippen molar-refractivity contribution in [3.05, 3.63) is 30.2 Å². The minimum atomic E-state index is 1.11. The zero-order valence-electron chi connectivity index (χ0n) is 9.76. The molecule has 78 valence electrons. The standard InChI is InChI=1S/C8H8N2.2C2H6/c1-6-4-10-8-5-9-3-2-7(6)8;2*1-2/h2-5,10H,1H3;2*1-2H3. The number of fused-ring (bicyclic) bond motifs is 1. The maximum atomic E-state index is 3.99. The summed E-state index contributed by atoms with van der Waals surface area (Å²) in [5.74, 6) is 0. The van der Waals surface area contributed by atoms with Gasteiger partial charge in [-0.1, -0.05) is 27.7 Å². The molecule has 14 heavy (non-hydrogen) atoms. The summed E-state index contributed by atoms with van der Waals surface area (Å²) in [5.41, 5.74) is 2.39. The predicted molar refractivity (Wildman–Crippen MR) is 63.5 cm³/mol. The molecule has 2 aromatic rings. The summed E-state index contributed by atoms with van der Waals surface area (Å²) in [7, 11) is 0. The highest BCUT2D eigenvalue weighted by Crippen LogP contribution is 2.14. The van der Waals surface area contributed by atoms with Crippen molar-refractivity contribution >= 4 is 10.9 Å². The molecule has 2 heterocycles. The number of aromatic nitrogens is 2. The second kappa shape index (κ2) is 7.13. The Morgan fingerprint density at radius 3 is 2.36 bits per heavy atom. The highest BCUT2D eigenvalue weighted by Gasteiger charge is 1.95. The third kappa shape index (κ3) is 2.87. The van der Waals surface area contributed by atoms with Crippen molar-refractivity contribution in [2.45, 2.75) is 34.6 Å². The van der Waals surface area contributed by atoms with Crippen LogP contribution in [-0.4, -0.2) is 9.97 Å². The van der Waals surface area contributed by atoms with Crippen LogP contribution in [0.3, 0.4) is 0 Å². The van der Waals surface area contributed by atoms with Gasteiger partial charge in [0, 0.05) is 17.8 Å². The summed E-state index contributed by atoms with van der Waals surface area (Å²) in [6.45, 7) is 10.1. The third-order valence-electron chi connectivity index (χ3n) is 1.69. The van der Waals surface area contributed by atoms with E-state index < -0.39 is 0 Å². The molecule has 0 radical (unpaired) electrons. The van der Waals surface area contributed by atoms with Crippen LogP contribution in [0.25, 0.3) is 10.9 Å². The maximum absolute atomic E-state index is 3.99. The Labute approximate surface area is 86.4 Å². The summed E-state index contributed by atoms with van der Waals surface area (Å²) in [6, 6.07) is 2.02. The van der Waals surface area contributed by atoms with E-state index in [0.29, 0.717) is 0 Å². The van der Waals surface area contributed by atoms with E-state index >= 15 is 0 Å². The van der Waals surface area contributed by atoms with Gasteiger partial charge in [-0.3, -0.25) is 4.98 Å². The van der Waals surface area contributed by atoms with Crippen LogP contribution in [-0.2, 0) is 0 Å². The first kappa shape index (κ1) is 12.7. The van der Waals surface area contributed by atoms with Crippen LogP contribution in [0.5, 0.6) is 0 Å². The molecule has 0 unspecified atom stereocenters. The highest BCUT2D eigenvalue weighted by atomic mass is 14.7. The first-order valence-electron chi connectivity index (χ1n) is 5.25. The summed E-state index contributed by atoms with van der Waals surface area (Å²) >= 11 is 0. The first-order chi connectivity index (χ1) is 6.88. The van der Waals surface area contributed by atoms with Crippen LogP contribution in [0.2, 0.25) is 0 Å². The van der Waals surface area contributed by atoms with Crippen LogP contribution in [0.1, 0.15) is 33.3 Å². The molecule has 0 fully saturated rings. The largest absolute Gasteiger partial charge is 0.360 e. The maximum Gasteiger partial charge on any atom is 0.0643 e. The molecule has 0 amide bonds. The summed E-state index contributed by atoms with van der Waals surface area (Å²) in [6.07, 6.45) is 5.64. The van der Waals surface area contributed by atoms with Gasteiger partial charge < -0.3 is 4.98 Å². The molecule has 2 heteroatoms. The van der Waals surface area contributed by atoms with E-state index in [1.54, 1.807) is 0 Å². The van der Waals surface area contributed by atoms with Crippen molar-refractivity contribution in [2.75, 3.05) is 0 Å². The SMILES string of the molecule is CC.CC.Cc1c[nH]c2cnccc12. The van der Waals surface area contributed by atoms with E-state index in [1.165, 1.54) is 10.9 Å². The van der Waals surface area contributed by atoms with Gasteiger partial charge in [0.15, 0.2) is 0 Å². The van der Waals surface area contributed by atoms with E-state index in [2.05, 4.69) is 16.9 Å². The Bertz CT molecular complexity index is 350. The van der Waals surface area contributed by atoms with E-state index in [9.17, 15) is 0 Å². The van der Waals surface area contributed by atoms with Gasteiger partial charge in [0.25, 0.3) is 0 Å². The second-order valence-corrected chi connectivity index (χ2v) is 2.39. The molecule has 0 atom stereocenters. The Morgan fingerprint density at radius 2 is 1.79 bits per heavy atom. The van der Waals surface area contributed by atoms with Crippen LogP contribution < -0.4 is 0 Å². The van der Waals surface area contributed by atoms with Gasteiger partial charge in [0.1, 0.15) is 0 Å². The number of nitrogens with one attached hydrogen (secondary N) is 1. The van der Waals surface area contributed by atoms with Crippen LogP contribution in [0, 0.1) is 6.92 Å². The topological polar surface area (TPSA) is 28.7 Å². The lowest BCUT2D eigenvalue weighted by atomic mass is 10.2. The molecule has 0 aliphatic heterocycles. The summed E-state index contributed by atoms with van der Waals surface area (Å²) < 4.78 is 0. The number of rotatable bonds is 0. The molecule has 2 rings (SSSR count). The molecule has 1 N–H and O–H groups in total. The van der Waals surface area contributed by atoms with E-state index in [-0.39, 0.29) is 0 Å². The quantitative estimate of drug-likeness (QED) is 0.673. The Morgan fingerprint density at radius 1 is 1.14 bits per heavy atom. The fraction of sp³-hybridized carbons (Fsp3) is 0.417. The molecule has 0 saturated heterocycles. The average molecular weight is 192 g/mol. The second-order valence-electron chi connectivity index (χ2n) is 2.39. The zero-order chi connectivity index (χ0) is 11.0. The fourth-order valence-electron chi connectivity index (χ4n) is 1.12.